The van der Waals surface area contributed by atoms with E-state index in [0.717, 1.165) is 11.8 Å². The van der Waals surface area contributed by atoms with Gasteiger partial charge in [-0.2, -0.15) is 0 Å². The fraction of sp³-hybridized carbons (Fsp3) is 0.538. The highest BCUT2D eigenvalue weighted by Crippen LogP contribution is 2.32. The SMILES string of the molecule is CC(CCBr)CNS(=O)(=O)c1ccc2c(c1)OCCO2. The van der Waals surface area contributed by atoms with Crippen LogP contribution >= 0.6 is 15.9 Å². The number of alkyl halides is 1. The van der Waals surface area contributed by atoms with Crippen LogP contribution in [0.15, 0.2) is 23.1 Å². The average Bonchev–Trinajstić information content (AvgIpc) is 2.45. The Morgan fingerprint density at radius 2 is 2.00 bits per heavy atom. The Labute approximate surface area is 127 Å². The first-order valence-corrected chi connectivity index (χ1v) is 9.08. The summed E-state index contributed by atoms with van der Waals surface area (Å²) in [5.74, 6) is 1.34. The molecule has 0 aliphatic carbocycles. The van der Waals surface area contributed by atoms with Crippen molar-refractivity contribution >= 4 is 26.0 Å². The van der Waals surface area contributed by atoms with Gasteiger partial charge in [0, 0.05) is 17.9 Å². The maximum absolute atomic E-state index is 12.2. The predicted molar refractivity (Wildman–Crippen MR) is 80.2 cm³/mol. The molecule has 1 aromatic carbocycles. The molecule has 112 valence electrons. The van der Waals surface area contributed by atoms with Crippen molar-refractivity contribution in [1.82, 2.24) is 4.72 Å². The molecule has 5 nitrogen and oxygen atoms in total. The standard InChI is InChI=1S/C13H18BrNO4S/c1-10(4-5-14)9-15-20(16,17)11-2-3-12-13(8-11)19-7-6-18-12/h2-3,8,10,15H,4-7,9H2,1H3. The largest absolute Gasteiger partial charge is 0.486 e. The van der Waals surface area contributed by atoms with E-state index in [9.17, 15) is 8.42 Å². The number of rotatable bonds is 6. The predicted octanol–water partition coefficient (Wildman–Crippen LogP) is 2.16. The Morgan fingerprint density at radius 3 is 2.70 bits per heavy atom. The van der Waals surface area contributed by atoms with Gasteiger partial charge in [0.1, 0.15) is 13.2 Å². The van der Waals surface area contributed by atoms with E-state index < -0.39 is 10.0 Å². The van der Waals surface area contributed by atoms with Gasteiger partial charge in [-0.05, 0) is 24.5 Å². The summed E-state index contributed by atoms with van der Waals surface area (Å²) in [4.78, 5) is 0.202. The highest BCUT2D eigenvalue weighted by atomic mass is 79.9. The number of fused-ring (bicyclic) bond motifs is 1. The minimum atomic E-state index is -3.51. The lowest BCUT2D eigenvalue weighted by Gasteiger charge is -2.19. The van der Waals surface area contributed by atoms with Crippen molar-refractivity contribution < 1.29 is 17.9 Å². The van der Waals surface area contributed by atoms with E-state index in [4.69, 9.17) is 9.47 Å². The van der Waals surface area contributed by atoms with E-state index in [0.29, 0.717) is 31.3 Å². The monoisotopic (exact) mass is 363 g/mol. The van der Waals surface area contributed by atoms with Gasteiger partial charge in [0.2, 0.25) is 10.0 Å². The first kappa shape index (κ1) is 15.6. The lowest BCUT2D eigenvalue weighted by atomic mass is 10.1. The van der Waals surface area contributed by atoms with Crippen molar-refractivity contribution in [3.05, 3.63) is 18.2 Å². The van der Waals surface area contributed by atoms with Gasteiger partial charge in [0.25, 0.3) is 0 Å². The third kappa shape index (κ3) is 3.86. The quantitative estimate of drug-likeness (QED) is 0.786. The van der Waals surface area contributed by atoms with Gasteiger partial charge in [-0.15, -0.1) is 0 Å². The van der Waals surface area contributed by atoms with Crippen molar-refractivity contribution in [2.75, 3.05) is 25.1 Å². The van der Waals surface area contributed by atoms with Crippen LogP contribution < -0.4 is 14.2 Å². The molecule has 1 N–H and O–H groups in total. The molecule has 0 amide bonds. The summed E-state index contributed by atoms with van der Waals surface area (Å²) in [6.07, 6.45) is 0.920. The molecule has 0 saturated carbocycles. The van der Waals surface area contributed by atoms with Crippen molar-refractivity contribution in [1.29, 1.82) is 0 Å². The molecule has 7 heteroatoms. The van der Waals surface area contributed by atoms with E-state index in [2.05, 4.69) is 20.7 Å². The molecule has 1 unspecified atom stereocenters. The molecular formula is C13H18BrNO4S. The summed E-state index contributed by atoms with van der Waals surface area (Å²) >= 11 is 3.35. The molecule has 0 aromatic heterocycles. The molecule has 20 heavy (non-hydrogen) atoms. The van der Waals surface area contributed by atoms with E-state index in [1.165, 1.54) is 12.1 Å². The molecule has 0 radical (unpaired) electrons. The minimum absolute atomic E-state index is 0.202. The van der Waals surface area contributed by atoms with Gasteiger partial charge in [0.15, 0.2) is 11.5 Å². The van der Waals surface area contributed by atoms with Crippen molar-refractivity contribution in [3.8, 4) is 11.5 Å². The molecule has 1 heterocycles. The molecule has 2 rings (SSSR count). The van der Waals surface area contributed by atoms with Crippen LogP contribution in [0.5, 0.6) is 11.5 Å². The number of nitrogens with one attached hydrogen (secondary N) is 1. The number of hydrogen-bond donors (Lipinski definition) is 1. The van der Waals surface area contributed by atoms with Gasteiger partial charge in [-0.1, -0.05) is 22.9 Å². The number of halogens is 1. The lowest BCUT2D eigenvalue weighted by molar-refractivity contribution is 0.171. The summed E-state index contributed by atoms with van der Waals surface area (Å²) < 4.78 is 37.8. The summed E-state index contributed by atoms with van der Waals surface area (Å²) in [5.41, 5.74) is 0. The Balaban J connectivity index is 2.09. The number of hydrogen-bond acceptors (Lipinski definition) is 4. The van der Waals surface area contributed by atoms with Gasteiger partial charge in [0.05, 0.1) is 4.90 Å². The zero-order valence-corrected chi connectivity index (χ0v) is 13.7. The highest BCUT2D eigenvalue weighted by molar-refractivity contribution is 9.09. The van der Waals surface area contributed by atoms with Crippen LogP contribution in [0.25, 0.3) is 0 Å². The molecule has 0 saturated heterocycles. The maximum atomic E-state index is 12.2. The Bertz CT molecular complexity index is 561. The van der Waals surface area contributed by atoms with E-state index in [-0.39, 0.29) is 10.8 Å². The average molecular weight is 364 g/mol. The van der Waals surface area contributed by atoms with Crippen LogP contribution in [0.1, 0.15) is 13.3 Å². The molecule has 1 aliphatic heterocycles. The second-order valence-electron chi connectivity index (χ2n) is 4.74. The molecule has 1 aliphatic rings. The molecule has 0 fully saturated rings. The Hall–Kier alpha value is -0.790. The molecule has 0 bridgehead atoms. The molecular weight excluding hydrogens is 346 g/mol. The molecule has 1 aromatic rings. The number of benzene rings is 1. The van der Waals surface area contributed by atoms with Crippen LogP contribution in [0.4, 0.5) is 0 Å². The second-order valence-corrected chi connectivity index (χ2v) is 7.30. The number of ether oxygens (including phenoxy) is 2. The van der Waals surface area contributed by atoms with Crippen molar-refractivity contribution in [2.24, 2.45) is 5.92 Å². The summed E-state index contributed by atoms with van der Waals surface area (Å²) in [6, 6.07) is 4.67. The topological polar surface area (TPSA) is 64.6 Å². The lowest BCUT2D eigenvalue weighted by Crippen LogP contribution is -2.28. The van der Waals surface area contributed by atoms with Crippen LogP contribution in [-0.4, -0.2) is 33.5 Å². The normalized spacial score (nSPS) is 15.9. The van der Waals surface area contributed by atoms with Gasteiger partial charge in [-0.25, -0.2) is 13.1 Å². The minimum Gasteiger partial charge on any atom is -0.486 e. The van der Waals surface area contributed by atoms with Gasteiger partial charge < -0.3 is 9.47 Å². The van der Waals surface area contributed by atoms with E-state index >= 15 is 0 Å². The fourth-order valence-corrected chi connectivity index (χ4v) is 3.78. The Morgan fingerprint density at radius 1 is 1.30 bits per heavy atom. The third-order valence-electron chi connectivity index (χ3n) is 3.05. The number of sulfonamides is 1. The Kier molecular flexibility index (Phi) is 5.29. The molecule has 0 spiro atoms. The van der Waals surface area contributed by atoms with Crippen molar-refractivity contribution in [3.63, 3.8) is 0 Å². The van der Waals surface area contributed by atoms with Gasteiger partial charge in [-0.3, -0.25) is 0 Å². The fourth-order valence-electron chi connectivity index (χ4n) is 1.81. The summed E-state index contributed by atoms with van der Waals surface area (Å²) in [7, 11) is -3.51. The highest BCUT2D eigenvalue weighted by Gasteiger charge is 2.19. The third-order valence-corrected chi connectivity index (χ3v) is 4.93. The smallest absolute Gasteiger partial charge is 0.240 e. The zero-order valence-electron chi connectivity index (χ0n) is 11.3. The summed E-state index contributed by atoms with van der Waals surface area (Å²) in [5, 5.41) is 0.861. The van der Waals surface area contributed by atoms with Crippen LogP contribution in [0.2, 0.25) is 0 Å². The van der Waals surface area contributed by atoms with Crippen molar-refractivity contribution in [2.45, 2.75) is 18.2 Å². The first-order chi connectivity index (χ1) is 9.53. The van der Waals surface area contributed by atoms with Crippen LogP contribution in [0, 0.1) is 5.92 Å². The van der Waals surface area contributed by atoms with E-state index in [1.54, 1.807) is 6.07 Å². The van der Waals surface area contributed by atoms with Crippen LogP contribution in [-0.2, 0) is 10.0 Å². The zero-order chi connectivity index (χ0) is 14.6. The second kappa shape index (κ2) is 6.78. The van der Waals surface area contributed by atoms with Crippen LogP contribution in [0.3, 0.4) is 0 Å². The first-order valence-electron chi connectivity index (χ1n) is 6.48. The molecule has 1 atom stereocenters. The van der Waals surface area contributed by atoms with E-state index in [1.807, 2.05) is 6.92 Å². The van der Waals surface area contributed by atoms with Gasteiger partial charge >= 0.3 is 0 Å². The summed E-state index contributed by atoms with van der Waals surface area (Å²) in [6.45, 7) is 3.35. The maximum Gasteiger partial charge on any atom is 0.240 e.